The van der Waals surface area contributed by atoms with Gasteiger partial charge >= 0.3 is 12.1 Å². The molecule has 164 valence electrons. The van der Waals surface area contributed by atoms with Crippen LogP contribution in [-0.4, -0.2) is 72.6 Å². The van der Waals surface area contributed by atoms with Crippen LogP contribution in [0.2, 0.25) is 0 Å². The van der Waals surface area contributed by atoms with Crippen molar-refractivity contribution in [2.75, 3.05) is 26.0 Å². The zero-order valence-electron chi connectivity index (χ0n) is 15.8. The van der Waals surface area contributed by atoms with E-state index in [0.717, 1.165) is 24.8 Å². The van der Waals surface area contributed by atoms with Gasteiger partial charge in [0, 0.05) is 31.9 Å². The first-order chi connectivity index (χ1) is 13.4. The monoisotopic (exact) mass is 440 g/mol. The van der Waals surface area contributed by atoms with E-state index in [1.165, 1.54) is 10.6 Å². The summed E-state index contributed by atoms with van der Waals surface area (Å²) in [6.45, 7) is 2.10. The summed E-state index contributed by atoms with van der Waals surface area (Å²) in [4.78, 5) is 12.9. The Kier molecular flexibility index (Phi) is 7.60. The van der Waals surface area contributed by atoms with E-state index in [4.69, 9.17) is 19.4 Å². The van der Waals surface area contributed by atoms with Gasteiger partial charge in [-0.3, -0.25) is 4.98 Å². The number of aliphatic carboxylic acids is 1. The molecule has 2 fully saturated rings. The highest BCUT2D eigenvalue weighted by Gasteiger charge is 2.45. The van der Waals surface area contributed by atoms with Crippen molar-refractivity contribution in [3.63, 3.8) is 0 Å². The van der Waals surface area contributed by atoms with Crippen LogP contribution in [0.1, 0.15) is 24.8 Å². The molecule has 2 atom stereocenters. The summed E-state index contributed by atoms with van der Waals surface area (Å²) < 4.78 is 68.7. The predicted octanol–water partition coefficient (Wildman–Crippen LogP) is 1.81. The molecule has 0 amide bonds. The number of halogens is 3. The molecule has 3 rings (SSSR count). The van der Waals surface area contributed by atoms with E-state index >= 15 is 0 Å². The maximum Gasteiger partial charge on any atom is 0.490 e. The number of nitrogens with zero attached hydrogens (tertiary/aromatic N) is 2. The number of aromatic nitrogens is 1. The molecule has 1 spiro atoms. The molecule has 2 aliphatic rings. The largest absolute Gasteiger partial charge is 0.490 e. The van der Waals surface area contributed by atoms with Gasteiger partial charge < -0.3 is 14.6 Å². The van der Waals surface area contributed by atoms with Crippen LogP contribution in [0.25, 0.3) is 0 Å². The van der Waals surface area contributed by atoms with E-state index in [0.29, 0.717) is 26.3 Å². The minimum Gasteiger partial charge on any atom is -0.475 e. The normalized spacial score (nSPS) is 25.4. The van der Waals surface area contributed by atoms with Crippen molar-refractivity contribution in [2.45, 2.75) is 43.8 Å². The first kappa shape index (κ1) is 23.5. The highest BCUT2D eigenvalue weighted by molar-refractivity contribution is 7.88. The van der Waals surface area contributed by atoms with Gasteiger partial charge in [0.2, 0.25) is 10.0 Å². The summed E-state index contributed by atoms with van der Waals surface area (Å²) in [5.41, 5.74) is 0.710. The van der Waals surface area contributed by atoms with Crippen molar-refractivity contribution in [1.82, 2.24) is 9.29 Å². The molecular formula is C17H23F3N2O6S. The van der Waals surface area contributed by atoms with Gasteiger partial charge in [0.25, 0.3) is 0 Å². The van der Waals surface area contributed by atoms with Gasteiger partial charge in [-0.15, -0.1) is 0 Å². The zero-order chi connectivity index (χ0) is 21.7. The van der Waals surface area contributed by atoms with Crippen molar-refractivity contribution in [3.8, 4) is 0 Å². The number of carboxylic acid groups (broad SMARTS) is 1. The number of ether oxygens (including phenoxy) is 2. The summed E-state index contributed by atoms with van der Waals surface area (Å²) in [5.74, 6) is -2.76. The molecule has 0 bridgehead atoms. The van der Waals surface area contributed by atoms with E-state index in [1.54, 1.807) is 12.4 Å². The second-order valence-electron chi connectivity index (χ2n) is 6.99. The molecule has 2 saturated heterocycles. The van der Waals surface area contributed by atoms with Crippen LogP contribution in [0.5, 0.6) is 0 Å². The molecule has 12 heteroatoms. The summed E-state index contributed by atoms with van der Waals surface area (Å²) in [7, 11) is -3.16. The quantitative estimate of drug-likeness (QED) is 0.761. The van der Waals surface area contributed by atoms with E-state index in [2.05, 4.69) is 4.98 Å². The Balaban J connectivity index is 0.000000370. The SMILES string of the molecule is CS(=O)(=O)N1CCC[C@]2(C[C@H](OCc3ccncc3)CO2)C1.O=C(O)C(F)(F)F. The van der Waals surface area contributed by atoms with Crippen LogP contribution in [0.4, 0.5) is 13.2 Å². The number of piperidine rings is 1. The molecule has 0 radical (unpaired) electrons. The average Bonchev–Trinajstić information content (AvgIpc) is 3.02. The van der Waals surface area contributed by atoms with Crippen LogP contribution in [-0.2, 0) is 30.9 Å². The van der Waals surface area contributed by atoms with Crippen LogP contribution in [0.15, 0.2) is 24.5 Å². The standard InChI is InChI=1S/C15H22N2O4S.C2HF3O2/c1-22(18,19)17-8-2-5-15(12-17)9-14(11-21-15)20-10-13-3-6-16-7-4-13;3-2(4,5)1(6)7/h3-4,6-7,14H,2,5,8-12H2,1H3;(H,6,7)/t14-,15-;/m0./s1. The summed E-state index contributed by atoms with van der Waals surface area (Å²) in [6, 6.07) is 3.86. The molecule has 0 saturated carbocycles. The first-order valence-corrected chi connectivity index (χ1v) is 10.7. The Morgan fingerprint density at radius 2 is 2.03 bits per heavy atom. The second kappa shape index (κ2) is 9.37. The van der Waals surface area contributed by atoms with E-state index in [-0.39, 0.29) is 11.7 Å². The smallest absolute Gasteiger partial charge is 0.475 e. The molecular weight excluding hydrogens is 417 g/mol. The molecule has 0 aliphatic carbocycles. The summed E-state index contributed by atoms with van der Waals surface area (Å²) in [5, 5.41) is 7.12. The van der Waals surface area contributed by atoms with Crippen LogP contribution >= 0.6 is 0 Å². The minimum absolute atomic E-state index is 0.0210. The maximum atomic E-state index is 11.8. The number of carboxylic acids is 1. The van der Waals surface area contributed by atoms with Gasteiger partial charge in [0.1, 0.15) is 0 Å². The van der Waals surface area contributed by atoms with E-state index < -0.39 is 22.2 Å². The third-order valence-electron chi connectivity index (χ3n) is 4.63. The van der Waals surface area contributed by atoms with Crippen LogP contribution < -0.4 is 0 Å². The Labute approximate surface area is 166 Å². The van der Waals surface area contributed by atoms with Crippen LogP contribution in [0, 0.1) is 0 Å². The second-order valence-corrected chi connectivity index (χ2v) is 8.97. The predicted molar refractivity (Wildman–Crippen MR) is 95.5 cm³/mol. The number of hydrogen-bond donors (Lipinski definition) is 1. The van der Waals surface area contributed by atoms with Crippen molar-refractivity contribution < 1.29 is 41.0 Å². The lowest BCUT2D eigenvalue weighted by atomic mass is 9.90. The molecule has 1 aromatic heterocycles. The highest BCUT2D eigenvalue weighted by Crippen LogP contribution is 2.36. The number of sulfonamides is 1. The molecule has 3 heterocycles. The number of carbonyl (C=O) groups is 1. The molecule has 0 unspecified atom stereocenters. The molecule has 1 N–H and O–H groups in total. The van der Waals surface area contributed by atoms with Gasteiger partial charge in [-0.25, -0.2) is 13.2 Å². The Morgan fingerprint density at radius 3 is 2.59 bits per heavy atom. The van der Waals surface area contributed by atoms with Crippen molar-refractivity contribution in [3.05, 3.63) is 30.1 Å². The number of rotatable bonds is 4. The van der Waals surface area contributed by atoms with Gasteiger partial charge in [0.15, 0.2) is 0 Å². The third kappa shape index (κ3) is 7.21. The van der Waals surface area contributed by atoms with Gasteiger partial charge in [0.05, 0.1) is 31.2 Å². The van der Waals surface area contributed by atoms with Crippen molar-refractivity contribution in [1.29, 1.82) is 0 Å². The van der Waals surface area contributed by atoms with E-state index in [1.807, 2.05) is 12.1 Å². The Morgan fingerprint density at radius 1 is 1.41 bits per heavy atom. The lowest BCUT2D eigenvalue weighted by molar-refractivity contribution is -0.192. The van der Waals surface area contributed by atoms with Crippen molar-refractivity contribution >= 4 is 16.0 Å². The summed E-state index contributed by atoms with van der Waals surface area (Å²) in [6.07, 6.45) is 2.18. The molecule has 2 aliphatic heterocycles. The van der Waals surface area contributed by atoms with Gasteiger partial charge in [-0.1, -0.05) is 0 Å². The zero-order valence-corrected chi connectivity index (χ0v) is 16.6. The fourth-order valence-corrected chi connectivity index (χ4v) is 4.16. The number of alkyl halides is 3. The van der Waals surface area contributed by atoms with Gasteiger partial charge in [-0.05, 0) is 30.5 Å². The maximum absolute atomic E-state index is 11.8. The fourth-order valence-electron chi connectivity index (χ4n) is 3.23. The van der Waals surface area contributed by atoms with Crippen molar-refractivity contribution in [2.24, 2.45) is 0 Å². The van der Waals surface area contributed by atoms with E-state index in [9.17, 15) is 21.6 Å². The molecule has 8 nitrogen and oxygen atoms in total. The first-order valence-electron chi connectivity index (χ1n) is 8.81. The Bertz CT molecular complexity index is 790. The van der Waals surface area contributed by atoms with Crippen LogP contribution in [0.3, 0.4) is 0 Å². The third-order valence-corrected chi connectivity index (χ3v) is 5.88. The fraction of sp³-hybridized carbons (Fsp3) is 0.647. The molecule has 29 heavy (non-hydrogen) atoms. The Hall–Kier alpha value is -1.76. The molecule has 0 aromatic carbocycles. The summed E-state index contributed by atoms with van der Waals surface area (Å²) >= 11 is 0. The molecule has 1 aromatic rings. The van der Waals surface area contributed by atoms with Gasteiger partial charge in [-0.2, -0.15) is 17.5 Å². The lowest BCUT2D eigenvalue weighted by Gasteiger charge is -2.38. The minimum atomic E-state index is -5.08. The average molecular weight is 440 g/mol. The highest BCUT2D eigenvalue weighted by atomic mass is 32.2. The number of pyridine rings is 1. The topological polar surface area (TPSA) is 106 Å². The number of hydrogen-bond acceptors (Lipinski definition) is 6. The lowest BCUT2D eigenvalue weighted by Crippen LogP contribution is -2.49.